The highest BCUT2D eigenvalue weighted by Crippen LogP contribution is 2.23. The Balaban J connectivity index is 2.65. The van der Waals surface area contributed by atoms with Gasteiger partial charge < -0.3 is 15.7 Å². The van der Waals surface area contributed by atoms with E-state index in [0.29, 0.717) is 6.42 Å². The van der Waals surface area contributed by atoms with Crippen molar-refractivity contribution in [1.82, 2.24) is 5.32 Å². The van der Waals surface area contributed by atoms with Crippen LogP contribution in [-0.2, 0) is 0 Å². The van der Waals surface area contributed by atoms with Crippen LogP contribution in [-0.4, -0.2) is 24.3 Å². The Morgan fingerprint density at radius 3 is 2.47 bits per heavy atom. The summed E-state index contributed by atoms with van der Waals surface area (Å²) in [6, 6.07) is 1.04. The first-order valence-corrected chi connectivity index (χ1v) is 5.22. The zero-order valence-electron chi connectivity index (χ0n) is 8.77. The standard InChI is InChI=1S/C10H11ClF2N2O2/c11-6-4-7(12)9(8(13)5-6)15-10(17)14-2-1-3-16/h4-5,16H,1-3H2,(H2,14,15,17). The van der Waals surface area contributed by atoms with Crippen molar-refractivity contribution in [2.45, 2.75) is 6.42 Å². The maximum atomic E-state index is 13.3. The largest absolute Gasteiger partial charge is 0.396 e. The second-order valence-corrected chi connectivity index (χ2v) is 3.64. The highest BCUT2D eigenvalue weighted by atomic mass is 35.5. The van der Waals surface area contributed by atoms with Crippen molar-refractivity contribution in [3.8, 4) is 0 Å². The van der Waals surface area contributed by atoms with E-state index < -0.39 is 23.4 Å². The van der Waals surface area contributed by atoms with Crippen molar-refractivity contribution < 1.29 is 18.7 Å². The zero-order valence-corrected chi connectivity index (χ0v) is 9.52. The molecule has 0 aliphatic rings. The number of carbonyl (C=O) groups excluding carboxylic acids is 1. The van der Waals surface area contributed by atoms with Gasteiger partial charge in [0.1, 0.15) is 5.69 Å². The van der Waals surface area contributed by atoms with Crippen LogP contribution in [0.25, 0.3) is 0 Å². The molecule has 0 bridgehead atoms. The van der Waals surface area contributed by atoms with E-state index in [1.165, 1.54) is 0 Å². The van der Waals surface area contributed by atoms with E-state index >= 15 is 0 Å². The van der Waals surface area contributed by atoms with E-state index in [2.05, 4.69) is 5.32 Å². The van der Waals surface area contributed by atoms with Crippen LogP contribution < -0.4 is 10.6 Å². The molecule has 0 radical (unpaired) electrons. The van der Waals surface area contributed by atoms with E-state index in [1.807, 2.05) is 5.32 Å². The van der Waals surface area contributed by atoms with E-state index in [0.717, 1.165) is 12.1 Å². The number of halogens is 3. The summed E-state index contributed by atoms with van der Waals surface area (Å²) in [7, 11) is 0. The van der Waals surface area contributed by atoms with Crippen LogP contribution in [0.5, 0.6) is 0 Å². The third-order valence-electron chi connectivity index (χ3n) is 1.87. The number of nitrogens with one attached hydrogen (secondary N) is 2. The van der Waals surface area contributed by atoms with Gasteiger partial charge in [-0.25, -0.2) is 13.6 Å². The fourth-order valence-electron chi connectivity index (χ4n) is 1.10. The molecule has 4 nitrogen and oxygen atoms in total. The molecule has 0 saturated heterocycles. The molecule has 0 heterocycles. The topological polar surface area (TPSA) is 61.4 Å². The number of rotatable bonds is 4. The minimum atomic E-state index is -0.952. The number of amides is 2. The molecule has 0 atom stereocenters. The summed E-state index contributed by atoms with van der Waals surface area (Å²) < 4.78 is 26.5. The lowest BCUT2D eigenvalue weighted by Gasteiger charge is -2.09. The van der Waals surface area contributed by atoms with Gasteiger partial charge in [0.05, 0.1) is 0 Å². The third-order valence-corrected chi connectivity index (χ3v) is 2.08. The summed E-state index contributed by atoms with van der Waals surface area (Å²) in [5, 5.41) is 12.7. The Morgan fingerprint density at radius 1 is 1.35 bits per heavy atom. The molecule has 7 heteroatoms. The van der Waals surface area contributed by atoms with E-state index in [9.17, 15) is 13.6 Å². The number of hydrogen-bond donors (Lipinski definition) is 3. The Morgan fingerprint density at radius 2 is 1.94 bits per heavy atom. The summed E-state index contributed by atoms with van der Waals surface area (Å²) in [5.41, 5.74) is -0.559. The highest BCUT2D eigenvalue weighted by molar-refractivity contribution is 6.30. The predicted octanol–water partition coefficient (Wildman–Crippen LogP) is 2.12. The SMILES string of the molecule is O=C(NCCCO)Nc1c(F)cc(Cl)cc1F. The molecule has 0 saturated carbocycles. The van der Waals surface area contributed by atoms with Gasteiger partial charge in [-0.3, -0.25) is 0 Å². The van der Waals surface area contributed by atoms with E-state index in [-0.39, 0.29) is 18.2 Å². The van der Waals surface area contributed by atoms with Gasteiger partial charge in [-0.2, -0.15) is 0 Å². The molecule has 17 heavy (non-hydrogen) atoms. The zero-order chi connectivity index (χ0) is 12.8. The lowest BCUT2D eigenvalue weighted by Crippen LogP contribution is -2.30. The number of aliphatic hydroxyl groups is 1. The van der Waals surface area contributed by atoms with Crippen LogP contribution in [0.2, 0.25) is 5.02 Å². The van der Waals surface area contributed by atoms with Crippen LogP contribution in [0.1, 0.15) is 6.42 Å². The first-order valence-electron chi connectivity index (χ1n) is 4.85. The number of aliphatic hydroxyl groups excluding tert-OH is 1. The summed E-state index contributed by atoms with van der Waals surface area (Å²) >= 11 is 5.43. The highest BCUT2D eigenvalue weighted by Gasteiger charge is 2.13. The van der Waals surface area contributed by atoms with E-state index in [4.69, 9.17) is 16.7 Å². The monoisotopic (exact) mass is 264 g/mol. The number of benzene rings is 1. The molecule has 2 amide bonds. The van der Waals surface area contributed by atoms with Gasteiger partial charge in [0.25, 0.3) is 0 Å². The molecule has 1 aromatic rings. The third kappa shape index (κ3) is 4.16. The Bertz CT molecular complexity index is 392. The summed E-state index contributed by atoms with van der Waals surface area (Å²) in [4.78, 5) is 11.2. The maximum Gasteiger partial charge on any atom is 0.319 e. The summed E-state index contributed by atoms with van der Waals surface area (Å²) in [6.45, 7) is 0.128. The molecule has 3 N–H and O–H groups in total. The number of urea groups is 1. The number of carbonyl (C=O) groups is 1. The number of anilines is 1. The van der Waals surface area contributed by atoms with Gasteiger partial charge in [0.15, 0.2) is 11.6 Å². The van der Waals surface area contributed by atoms with Crippen molar-refractivity contribution in [3.63, 3.8) is 0 Å². The smallest absolute Gasteiger partial charge is 0.319 e. The Labute approximate surface area is 102 Å². The molecule has 0 aliphatic heterocycles. The van der Waals surface area contributed by atoms with Gasteiger partial charge in [0.2, 0.25) is 0 Å². The average Bonchev–Trinajstić information content (AvgIpc) is 2.24. The van der Waals surface area contributed by atoms with Gasteiger partial charge in [-0.15, -0.1) is 0 Å². The predicted molar refractivity (Wildman–Crippen MR) is 60.1 cm³/mol. The van der Waals surface area contributed by atoms with Gasteiger partial charge in [-0.1, -0.05) is 11.6 Å². The van der Waals surface area contributed by atoms with Crippen LogP contribution in [0.4, 0.5) is 19.3 Å². The summed E-state index contributed by atoms with van der Waals surface area (Å²) in [5.74, 6) is -1.90. The molecule has 0 spiro atoms. The molecular weight excluding hydrogens is 254 g/mol. The molecule has 0 aromatic heterocycles. The molecule has 1 rings (SSSR count). The fraction of sp³-hybridized carbons (Fsp3) is 0.300. The molecule has 0 fully saturated rings. The van der Waals surface area contributed by atoms with Crippen LogP contribution in [0.3, 0.4) is 0 Å². The molecule has 0 aliphatic carbocycles. The molecule has 1 aromatic carbocycles. The van der Waals surface area contributed by atoms with E-state index in [1.54, 1.807) is 0 Å². The normalized spacial score (nSPS) is 10.1. The summed E-state index contributed by atoms with van der Waals surface area (Å²) in [6.07, 6.45) is 0.360. The van der Waals surface area contributed by atoms with Crippen LogP contribution in [0, 0.1) is 11.6 Å². The van der Waals surface area contributed by atoms with Gasteiger partial charge in [0, 0.05) is 18.2 Å². The van der Waals surface area contributed by atoms with Gasteiger partial charge >= 0.3 is 6.03 Å². The van der Waals surface area contributed by atoms with Crippen molar-refractivity contribution in [1.29, 1.82) is 0 Å². The van der Waals surface area contributed by atoms with Gasteiger partial charge in [-0.05, 0) is 18.6 Å². The quantitative estimate of drug-likeness (QED) is 0.730. The van der Waals surface area contributed by atoms with Crippen LogP contribution in [0.15, 0.2) is 12.1 Å². The fourth-order valence-corrected chi connectivity index (χ4v) is 1.29. The van der Waals surface area contributed by atoms with Crippen molar-refractivity contribution in [2.24, 2.45) is 0 Å². The maximum absolute atomic E-state index is 13.3. The molecule has 94 valence electrons. The van der Waals surface area contributed by atoms with Crippen molar-refractivity contribution in [3.05, 3.63) is 28.8 Å². The lowest BCUT2D eigenvalue weighted by molar-refractivity contribution is 0.248. The number of hydrogen-bond acceptors (Lipinski definition) is 2. The lowest BCUT2D eigenvalue weighted by atomic mass is 10.3. The molecule has 0 unspecified atom stereocenters. The van der Waals surface area contributed by atoms with Crippen molar-refractivity contribution >= 4 is 23.3 Å². The van der Waals surface area contributed by atoms with Crippen LogP contribution >= 0.6 is 11.6 Å². The molecular formula is C10H11ClF2N2O2. The first kappa shape index (κ1) is 13.7. The minimum Gasteiger partial charge on any atom is -0.396 e. The first-order chi connectivity index (χ1) is 8.04. The van der Waals surface area contributed by atoms with Crippen molar-refractivity contribution in [2.75, 3.05) is 18.5 Å². The Hall–Kier alpha value is -1.40. The second-order valence-electron chi connectivity index (χ2n) is 3.20. The Kier molecular flexibility index (Phi) is 5.11. The average molecular weight is 265 g/mol. The minimum absolute atomic E-state index is 0.0794. The second kappa shape index (κ2) is 6.36.